The third-order valence-corrected chi connectivity index (χ3v) is 6.49. The fraction of sp³-hybridized carbons (Fsp3) is 1.00. The van der Waals surface area contributed by atoms with E-state index in [4.69, 9.17) is 0 Å². The summed E-state index contributed by atoms with van der Waals surface area (Å²) in [5.41, 5.74) is 0. The predicted molar refractivity (Wildman–Crippen MR) is 109 cm³/mol. The first-order valence-corrected chi connectivity index (χ1v) is 10.7. The smallest absolute Gasteiger partial charge is 0.00385 e. The van der Waals surface area contributed by atoms with Gasteiger partial charge in [-0.15, -0.1) is 0 Å². The lowest BCUT2D eigenvalue weighted by molar-refractivity contribution is 0.129. The van der Waals surface area contributed by atoms with E-state index in [1.807, 2.05) is 0 Å². The Kier molecular flexibility index (Phi) is 9.89. The van der Waals surface area contributed by atoms with Crippen LogP contribution in [0.15, 0.2) is 0 Å². The number of hydrogen-bond acceptors (Lipinski definition) is 2. The molecule has 24 heavy (non-hydrogen) atoms. The van der Waals surface area contributed by atoms with Crippen molar-refractivity contribution in [2.75, 3.05) is 26.2 Å². The molecule has 144 valence electrons. The molecule has 2 saturated heterocycles. The summed E-state index contributed by atoms with van der Waals surface area (Å²) in [5.74, 6) is 3.75. The SMILES string of the molecule is CC(C)C1CCN(C(C)C)CC1.CC(C)C1CCN(C(C)C)CC1. The van der Waals surface area contributed by atoms with E-state index in [0.29, 0.717) is 0 Å². The zero-order valence-electron chi connectivity index (χ0n) is 18.0. The Morgan fingerprint density at radius 3 is 0.917 bits per heavy atom. The number of nitrogens with zero attached hydrogens (tertiary/aromatic N) is 2. The van der Waals surface area contributed by atoms with Gasteiger partial charge in [-0.1, -0.05) is 27.7 Å². The fourth-order valence-electron chi connectivity index (χ4n) is 4.20. The van der Waals surface area contributed by atoms with Gasteiger partial charge in [-0.2, -0.15) is 0 Å². The Morgan fingerprint density at radius 1 is 0.500 bits per heavy atom. The molecule has 0 unspecified atom stereocenters. The first kappa shape index (κ1) is 22.0. The van der Waals surface area contributed by atoms with Crippen LogP contribution in [0.25, 0.3) is 0 Å². The molecule has 2 heterocycles. The van der Waals surface area contributed by atoms with Crippen molar-refractivity contribution in [3.8, 4) is 0 Å². The molecule has 2 aliphatic heterocycles. The summed E-state index contributed by atoms with van der Waals surface area (Å²) < 4.78 is 0. The normalized spacial score (nSPS) is 22.5. The molecule has 0 amide bonds. The van der Waals surface area contributed by atoms with Gasteiger partial charge >= 0.3 is 0 Å². The molecule has 0 aliphatic carbocycles. The molecule has 2 heteroatoms. The van der Waals surface area contributed by atoms with Crippen LogP contribution in [0.1, 0.15) is 81.1 Å². The average molecular weight is 339 g/mol. The molecule has 2 rings (SSSR count). The van der Waals surface area contributed by atoms with Gasteiger partial charge in [-0.3, -0.25) is 0 Å². The summed E-state index contributed by atoms with van der Waals surface area (Å²) in [6, 6.07) is 1.50. The average Bonchev–Trinajstić information content (AvgIpc) is 2.55. The molecule has 0 radical (unpaired) electrons. The zero-order valence-corrected chi connectivity index (χ0v) is 18.0. The summed E-state index contributed by atoms with van der Waals surface area (Å²) in [7, 11) is 0. The molecule has 0 atom stereocenters. The molecule has 2 nitrogen and oxygen atoms in total. The van der Waals surface area contributed by atoms with Crippen molar-refractivity contribution in [1.29, 1.82) is 0 Å². The Labute approximate surface area is 153 Å². The van der Waals surface area contributed by atoms with Crippen molar-refractivity contribution in [2.24, 2.45) is 23.7 Å². The van der Waals surface area contributed by atoms with Gasteiger partial charge in [-0.05, 0) is 103 Å². The van der Waals surface area contributed by atoms with Gasteiger partial charge in [-0.25, -0.2) is 0 Å². The van der Waals surface area contributed by atoms with Crippen LogP contribution < -0.4 is 0 Å². The molecule has 0 aromatic heterocycles. The number of piperidine rings is 2. The summed E-state index contributed by atoms with van der Waals surface area (Å²) in [6.45, 7) is 23.9. The minimum absolute atomic E-state index is 0.748. The largest absolute Gasteiger partial charge is 0.301 e. The second-order valence-corrected chi connectivity index (χ2v) is 9.42. The van der Waals surface area contributed by atoms with Crippen molar-refractivity contribution in [3.05, 3.63) is 0 Å². The molecule has 0 bridgehead atoms. The molecule has 0 saturated carbocycles. The minimum Gasteiger partial charge on any atom is -0.301 e. The first-order chi connectivity index (χ1) is 11.2. The van der Waals surface area contributed by atoms with Crippen LogP contribution >= 0.6 is 0 Å². The van der Waals surface area contributed by atoms with Crippen molar-refractivity contribution < 1.29 is 0 Å². The van der Waals surface area contributed by atoms with Crippen molar-refractivity contribution in [1.82, 2.24) is 9.80 Å². The highest BCUT2D eigenvalue weighted by Gasteiger charge is 2.23. The Bertz CT molecular complexity index is 242. The standard InChI is InChI=1S/2C11H23N/c2*1-9(2)11-5-7-12(8-6-11)10(3)4/h2*9-11H,5-8H2,1-4H3. The number of rotatable bonds is 4. The van der Waals surface area contributed by atoms with Crippen LogP contribution in [0.5, 0.6) is 0 Å². The lowest BCUT2D eigenvalue weighted by Crippen LogP contribution is -2.39. The number of hydrogen-bond donors (Lipinski definition) is 0. The summed E-state index contributed by atoms with van der Waals surface area (Å²) in [4.78, 5) is 5.19. The second-order valence-electron chi connectivity index (χ2n) is 9.42. The predicted octanol–water partition coefficient (Wildman–Crippen LogP) is 5.53. The Balaban J connectivity index is 0.000000240. The van der Waals surface area contributed by atoms with E-state index < -0.39 is 0 Å². The van der Waals surface area contributed by atoms with Gasteiger partial charge < -0.3 is 9.80 Å². The molecule has 0 spiro atoms. The van der Waals surface area contributed by atoms with Gasteiger partial charge in [0.05, 0.1) is 0 Å². The van der Waals surface area contributed by atoms with Gasteiger partial charge in [0.2, 0.25) is 0 Å². The maximum atomic E-state index is 2.60. The highest BCUT2D eigenvalue weighted by molar-refractivity contribution is 4.76. The van der Waals surface area contributed by atoms with Crippen LogP contribution in [0.2, 0.25) is 0 Å². The first-order valence-electron chi connectivity index (χ1n) is 10.7. The van der Waals surface area contributed by atoms with E-state index in [2.05, 4.69) is 65.2 Å². The van der Waals surface area contributed by atoms with Crippen LogP contribution in [0.4, 0.5) is 0 Å². The summed E-state index contributed by atoms with van der Waals surface area (Å²) >= 11 is 0. The highest BCUT2D eigenvalue weighted by Crippen LogP contribution is 2.26. The second kappa shape index (κ2) is 10.8. The van der Waals surface area contributed by atoms with Gasteiger partial charge in [0.1, 0.15) is 0 Å². The van der Waals surface area contributed by atoms with E-state index in [9.17, 15) is 0 Å². The molecular weight excluding hydrogens is 292 g/mol. The molecule has 0 aromatic carbocycles. The van der Waals surface area contributed by atoms with E-state index in [-0.39, 0.29) is 0 Å². The van der Waals surface area contributed by atoms with Crippen LogP contribution in [0.3, 0.4) is 0 Å². The summed E-state index contributed by atoms with van der Waals surface area (Å²) in [5, 5.41) is 0. The van der Waals surface area contributed by atoms with E-state index in [1.165, 1.54) is 51.9 Å². The molecule has 2 aliphatic rings. The molecule has 0 N–H and O–H groups in total. The lowest BCUT2D eigenvalue weighted by Gasteiger charge is -2.36. The maximum absolute atomic E-state index is 2.60. The van der Waals surface area contributed by atoms with Crippen LogP contribution in [-0.2, 0) is 0 Å². The van der Waals surface area contributed by atoms with Gasteiger partial charge in [0.25, 0.3) is 0 Å². The van der Waals surface area contributed by atoms with E-state index in [0.717, 1.165) is 35.8 Å². The van der Waals surface area contributed by atoms with Crippen molar-refractivity contribution >= 4 is 0 Å². The van der Waals surface area contributed by atoms with E-state index >= 15 is 0 Å². The van der Waals surface area contributed by atoms with Crippen molar-refractivity contribution in [2.45, 2.75) is 93.2 Å². The van der Waals surface area contributed by atoms with Crippen molar-refractivity contribution in [3.63, 3.8) is 0 Å². The highest BCUT2D eigenvalue weighted by atomic mass is 15.2. The van der Waals surface area contributed by atoms with Crippen LogP contribution in [0, 0.1) is 23.7 Å². The third-order valence-electron chi connectivity index (χ3n) is 6.49. The lowest BCUT2D eigenvalue weighted by atomic mass is 9.86. The molecule has 2 fully saturated rings. The molecular formula is C22H46N2. The number of likely N-dealkylation sites (tertiary alicyclic amines) is 2. The monoisotopic (exact) mass is 338 g/mol. The molecule has 0 aromatic rings. The minimum atomic E-state index is 0.748. The Morgan fingerprint density at radius 2 is 0.750 bits per heavy atom. The summed E-state index contributed by atoms with van der Waals surface area (Å²) in [6.07, 6.45) is 5.65. The van der Waals surface area contributed by atoms with Gasteiger partial charge in [0.15, 0.2) is 0 Å². The Hall–Kier alpha value is -0.0800. The topological polar surface area (TPSA) is 6.48 Å². The quantitative estimate of drug-likeness (QED) is 0.665. The third kappa shape index (κ3) is 7.44. The van der Waals surface area contributed by atoms with Crippen LogP contribution in [-0.4, -0.2) is 48.1 Å². The van der Waals surface area contributed by atoms with Gasteiger partial charge in [0, 0.05) is 12.1 Å². The fourth-order valence-corrected chi connectivity index (χ4v) is 4.20. The zero-order chi connectivity index (χ0) is 18.3. The maximum Gasteiger partial charge on any atom is 0.00385 e. The van der Waals surface area contributed by atoms with E-state index in [1.54, 1.807) is 0 Å².